The predicted molar refractivity (Wildman–Crippen MR) is 74.6 cm³/mol. The minimum Gasteiger partial charge on any atom is -0.464 e. The number of hydrogen-bond donors (Lipinski definition) is 2. The summed E-state index contributed by atoms with van der Waals surface area (Å²) in [5.41, 5.74) is 7.61. The van der Waals surface area contributed by atoms with Gasteiger partial charge in [0, 0.05) is 0 Å². The highest BCUT2D eigenvalue weighted by molar-refractivity contribution is 5.65. The number of nitrogens with zero attached hydrogens (tertiary/aromatic N) is 4. The molecule has 0 unspecified atom stereocenters. The molecular formula is C13H14N6O. The van der Waals surface area contributed by atoms with E-state index in [-0.39, 0.29) is 17.9 Å². The van der Waals surface area contributed by atoms with Crippen molar-refractivity contribution in [2.24, 2.45) is 0 Å². The molecule has 1 aromatic carbocycles. The maximum Gasteiger partial charge on any atom is 0.323 e. The molecule has 0 spiro atoms. The number of aryl methyl sites for hydroxylation is 1. The quantitative estimate of drug-likeness (QED) is 0.871. The van der Waals surface area contributed by atoms with Crippen LogP contribution >= 0.6 is 0 Å². The highest BCUT2D eigenvalue weighted by Crippen LogP contribution is 2.22. The molecule has 1 heterocycles. The van der Waals surface area contributed by atoms with E-state index in [2.05, 4.69) is 26.3 Å². The Hall–Kier alpha value is -2.88. The third kappa shape index (κ3) is 2.92. The molecule has 0 aliphatic heterocycles. The summed E-state index contributed by atoms with van der Waals surface area (Å²) in [7, 11) is 0. The summed E-state index contributed by atoms with van der Waals surface area (Å²) in [6.07, 6.45) is 0. The molecule has 1 aromatic heterocycles. The van der Waals surface area contributed by atoms with Gasteiger partial charge in [-0.2, -0.15) is 20.2 Å². The lowest BCUT2D eigenvalue weighted by Crippen LogP contribution is -2.07. The molecule has 0 atom stereocenters. The molecule has 0 aliphatic rings. The number of aromatic nitrogens is 3. The highest BCUT2D eigenvalue weighted by atomic mass is 16.5. The van der Waals surface area contributed by atoms with Crippen molar-refractivity contribution in [2.75, 3.05) is 17.7 Å². The number of nitrogens with one attached hydrogen (secondary N) is 1. The van der Waals surface area contributed by atoms with Crippen molar-refractivity contribution in [1.29, 1.82) is 5.26 Å². The lowest BCUT2D eigenvalue weighted by Gasteiger charge is -2.09. The van der Waals surface area contributed by atoms with Gasteiger partial charge in [-0.1, -0.05) is 12.1 Å². The van der Waals surface area contributed by atoms with Crippen LogP contribution in [0.3, 0.4) is 0 Å². The lowest BCUT2D eigenvalue weighted by atomic mass is 10.1. The molecule has 0 radical (unpaired) electrons. The third-order valence-electron chi connectivity index (χ3n) is 2.54. The van der Waals surface area contributed by atoms with E-state index >= 15 is 0 Å². The zero-order chi connectivity index (χ0) is 14.5. The number of ether oxygens (including phenoxy) is 1. The molecule has 2 aromatic rings. The van der Waals surface area contributed by atoms with Gasteiger partial charge < -0.3 is 15.8 Å². The van der Waals surface area contributed by atoms with E-state index in [0.717, 1.165) is 5.56 Å². The van der Waals surface area contributed by atoms with Gasteiger partial charge in [-0.3, -0.25) is 0 Å². The maximum absolute atomic E-state index is 9.18. The number of hydrogen-bond acceptors (Lipinski definition) is 7. The standard InChI is InChI=1S/C13H14N6O/c1-3-20-13-18-11(15)17-12(19-13)16-10-6-4-5-8(2)9(10)7-14/h4-6H,3H2,1-2H3,(H3,15,16,17,18,19). The predicted octanol–water partition coefficient (Wildman–Crippen LogP) is 1.78. The molecule has 0 aliphatic carbocycles. The van der Waals surface area contributed by atoms with E-state index in [0.29, 0.717) is 17.9 Å². The van der Waals surface area contributed by atoms with Gasteiger partial charge in [-0.05, 0) is 25.5 Å². The van der Waals surface area contributed by atoms with Crippen molar-refractivity contribution in [3.63, 3.8) is 0 Å². The second-order valence-corrected chi connectivity index (χ2v) is 3.97. The van der Waals surface area contributed by atoms with Crippen molar-refractivity contribution in [3.8, 4) is 12.1 Å². The Morgan fingerprint density at radius 1 is 1.35 bits per heavy atom. The van der Waals surface area contributed by atoms with Crippen molar-refractivity contribution in [3.05, 3.63) is 29.3 Å². The second kappa shape index (κ2) is 5.84. The Labute approximate surface area is 116 Å². The van der Waals surface area contributed by atoms with Crippen LogP contribution in [0.1, 0.15) is 18.1 Å². The van der Waals surface area contributed by atoms with Gasteiger partial charge in [-0.15, -0.1) is 0 Å². The van der Waals surface area contributed by atoms with Crippen molar-refractivity contribution < 1.29 is 4.74 Å². The molecule has 0 fully saturated rings. The summed E-state index contributed by atoms with van der Waals surface area (Å²) in [6, 6.07) is 7.76. The van der Waals surface area contributed by atoms with Crippen molar-refractivity contribution >= 4 is 17.6 Å². The summed E-state index contributed by atoms with van der Waals surface area (Å²) in [6.45, 7) is 4.11. The van der Waals surface area contributed by atoms with Crippen LogP contribution in [-0.2, 0) is 0 Å². The number of nitrogens with two attached hydrogens (primary N) is 1. The van der Waals surface area contributed by atoms with E-state index < -0.39 is 0 Å². The van der Waals surface area contributed by atoms with E-state index in [1.165, 1.54) is 0 Å². The Morgan fingerprint density at radius 3 is 2.85 bits per heavy atom. The lowest BCUT2D eigenvalue weighted by molar-refractivity contribution is 0.312. The first kappa shape index (κ1) is 13.5. The van der Waals surface area contributed by atoms with Crippen LogP contribution in [0, 0.1) is 18.3 Å². The Bertz CT molecular complexity index is 664. The molecule has 0 amide bonds. The third-order valence-corrected chi connectivity index (χ3v) is 2.54. The monoisotopic (exact) mass is 270 g/mol. The average Bonchev–Trinajstić information content (AvgIpc) is 2.38. The van der Waals surface area contributed by atoms with E-state index in [9.17, 15) is 5.26 Å². The first-order chi connectivity index (χ1) is 9.63. The largest absolute Gasteiger partial charge is 0.464 e. The highest BCUT2D eigenvalue weighted by Gasteiger charge is 2.09. The molecule has 0 saturated heterocycles. The van der Waals surface area contributed by atoms with Gasteiger partial charge in [-0.25, -0.2) is 0 Å². The smallest absolute Gasteiger partial charge is 0.323 e. The van der Waals surface area contributed by atoms with Gasteiger partial charge >= 0.3 is 6.01 Å². The fraction of sp³-hybridized carbons (Fsp3) is 0.231. The molecule has 20 heavy (non-hydrogen) atoms. The molecule has 102 valence electrons. The summed E-state index contributed by atoms with van der Waals surface area (Å²) >= 11 is 0. The molecule has 0 bridgehead atoms. The normalized spacial score (nSPS) is 9.85. The summed E-state index contributed by atoms with van der Waals surface area (Å²) in [5, 5.41) is 12.1. The SMILES string of the molecule is CCOc1nc(N)nc(Nc2cccc(C)c2C#N)n1. The van der Waals surface area contributed by atoms with Gasteiger partial charge in [0.05, 0.1) is 17.9 Å². The van der Waals surface area contributed by atoms with Crippen LogP contribution in [0.15, 0.2) is 18.2 Å². The topological polar surface area (TPSA) is 110 Å². The van der Waals surface area contributed by atoms with Crippen molar-refractivity contribution in [1.82, 2.24) is 15.0 Å². The molecular weight excluding hydrogens is 256 g/mol. The first-order valence-corrected chi connectivity index (χ1v) is 6.05. The zero-order valence-electron chi connectivity index (χ0n) is 11.2. The Balaban J connectivity index is 2.35. The number of nitrogen functional groups attached to an aromatic ring is 1. The Morgan fingerprint density at radius 2 is 2.15 bits per heavy atom. The van der Waals surface area contributed by atoms with Gasteiger partial charge in [0.15, 0.2) is 0 Å². The maximum atomic E-state index is 9.18. The van der Waals surface area contributed by atoms with Gasteiger partial charge in [0.2, 0.25) is 11.9 Å². The fourth-order valence-corrected chi connectivity index (χ4v) is 1.66. The van der Waals surface area contributed by atoms with Crippen LogP contribution < -0.4 is 15.8 Å². The van der Waals surface area contributed by atoms with E-state index in [1.54, 1.807) is 6.07 Å². The summed E-state index contributed by atoms with van der Waals surface area (Å²) in [5.74, 6) is 0.292. The number of benzene rings is 1. The number of nitriles is 1. The molecule has 2 rings (SSSR count). The van der Waals surface area contributed by atoms with Crippen LogP contribution in [0.2, 0.25) is 0 Å². The average molecular weight is 270 g/mol. The van der Waals surface area contributed by atoms with Crippen LogP contribution in [0.5, 0.6) is 6.01 Å². The van der Waals surface area contributed by atoms with Crippen LogP contribution in [-0.4, -0.2) is 21.6 Å². The fourth-order valence-electron chi connectivity index (χ4n) is 1.66. The minimum atomic E-state index is 0.0529. The molecule has 7 nitrogen and oxygen atoms in total. The van der Waals surface area contributed by atoms with Crippen LogP contribution in [0.25, 0.3) is 0 Å². The van der Waals surface area contributed by atoms with Gasteiger partial charge in [0.1, 0.15) is 6.07 Å². The van der Waals surface area contributed by atoms with Crippen LogP contribution in [0.4, 0.5) is 17.6 Å². The van der Waals surface area contributed by atoms with Gasteiger partial charge in [0.25, 0.3) is 0 Å². The molecule has 0 saturated carbocycles. The second-order valence-electron chi connectivity index (χ2n) is 3.97. The summed E-state index contributed by atoms with van der Waals surface area (Å²) < 4.78 is 5.20. The number of anilines is 3. The minimum absolute atomic E-state index is 0.0529. The number of rotatable bonds is 4. The molecule has 3 N–H and O–H groups in total. The van der Waals surface area contributed by atoms with E-state index in [4.69, 9.17) is 10.5 Å². The van der Waals surface area contributed by atoms with Crippen molar-refractivity contribution in [2.45, 2.75) is 13.8 Å². The Kier molecular flexibility index (Phi) is 3.96. The first-order valence-electron chi connectivity index (χ1n) is 6.05. The van der Waals surface area contributed by atoms with E-state index in [1.807, 2.05) is 26.0 Å². The zero-order valence-corrected chi connectivity index (χ0v) is 11.2. The molecule has 7 heteroatoms. The summed E-state index contributed by atoms with van der Waals surface area (Å²) in [4.78, 5) is 11.9.